The molecule has 4 heteroatoms. The van der Waals surface area contributed by atoms with Crippen molar-refractivity contribution in [3.63, 3.8) is 0 Å². The van der Waals surface area contributed by atoms with Crippen LogP contribution in [0.25, 0.3) is 32.3 Å². The van der Waals surface area contributed by atoms with Crippen molar-refractivity contribution in [1.82, 2.24) is 5.32 Å². The molecule has 0 fully saturated rings. The van der Waals surface area contributed by atoms with Crippen LogP contribution in [0.4, 0.5) is 0 Å². The smallest absolute Gasteiger partial charge is 0.0607 e. The molecule has 124 valence electrons. The SMILES string of the molecule is Cl.OCC(CO)NCc1ccc2ccc3cccc4ccc1c2c34. The van der Waals surface area contributed by atoms with Crippen LogP contribution in [-0.2, 0) is 6.54 Å². The van der Waals surface area contributed by atoms with Gasteiger partial charge < -0.3 is 15.5 Å². The molecule has 0 amide bonds. The zero-order valence-electron chi connectivity index (χ0n) is 13.2. The molecule has 4 rings (SSSR count). The highest BCUT2D eigenvalue weighted by Gasteiger charge is 2.11. The minimum absolute atomic E-state index is 0. The van der Waals surface area contributed by atoms with E-state index in [-0.39, 0.29) is 31.7 Å². The molecular weight excluding hydrogens is 322 g/mol. The van der Waals surface area contributed by atoms with Crippen molar-refractivity contribution in [2.45, 2.75) is 12.6 Å². The van der Waals surface area contributed by atoms with Gasteiger partial charge in [-0.3, -0.25) is 0 Å². The van der Waals surface area contributed by atoms with Gasteiger partial charge in [-0.25, -0.2) is 0 Å². The molecule has 0 saturated heterocycles. The minimum atomic E-state index is -0.284. The molecule has 24 heavy (non-hydrogen) atoms. The molecule has 0 heterocycles. The number of hydrogen-bond donors (Lipinski definition) is 3. The summed E-state index contributed by atoms with van der Waals surface area (Å²) in [5.74, 6) is 0. The van der Waals surface area contributed by atoms with Crippen LogP contribution in [0.15, 0.2) is 54.6 Å². The number of aliphatic hydroxyl groups excluding tert-OH is 2. The summed E-state index contributed by atoms with van der Waals surface area (Å²) in [5, 5.41) is 29.2. The zero-order valence-corrected chi connectivity index (χ0v) is 14.0. The molecule has 0 aliphatic heterocycles. The van der Waals surface area contributed by atoms with Crippen LogP contribution in [0.1, 0.15) is 5.56 Å². The second-order valence-electron chi connectivity index (χ2n) is 6.02. The first kappa shape index (κ1) is 16.9. The predicted octanol–water partition coefficient (Wildman–Crippen LogP) is 3.45. The third-order valence-corrected chi connectivity index (χ3v) is 4.64. The minimum Gasteiger partial charge on any atom is -0.395 e. The highest BCUT2D eigenvalue weighted by atomic mass is 35.5. The molecule has 0 unspecified atom stereocenters. The lowest BCUT2D eigenvalue weighted by Crippen LogP contribution is -2.35. The molecule has 3 N–H and O–H groups in total. The molecule has 0 spiro atoms. The molecule has 0 atom stereocenters. The maximum atomic E-state index is 9.22. The van der Waals surface area contributed by atoms with Gasteiger partial charge in [0.1, 0.15) is 0 Å². The van der Waals surface area contributed by atoms with Crippen molar-refractivity contribution in [2.75, 3.05) is 13.2 Å². The Morgan fingerprint density at radius 2 is 1.33 bits per heavy atom. The molecular formula is C20H20ClNO2. The predicted molar refractivity (Wildman–Crippen MR) is 102 cm³/mol. The van der Waals surface area contributed by atoms with Crippen LogP contribution in [-0.4, -0.2) is 29.5 Å². The summed E-state index contributed by atoms with van der Waals surface area (Å²) < 4.78 is 0. The fraction of sp³-hybridized carbons (Fsp3) is 0.200. The first-order valence-electron chi connectivity index (χ1n) is 7.92. The number of halogens is 1. The largest absolute Gasteiger partial charge is 0.395 e. The average molecular weight is 342 g/mol. The van der Waals surface area contributed by atoms with Crippen molar-refractivity contribution in [3.8, 4) is 0 Å². The van der Waals surface area contributed by atoms with Gasteiger partial charge in [-0.2, -0.15) is 0 Å². The zero-order chi connectivity index (χ0) is 15.8. The van der Waals surface area contributed by atoms with E-state index in [4.69, 9.17) is 0 Å². The van der Waals surface area contributed by atoms with Gasteiger partial charge in [0.05, 0.1) is 19.3 Å². The van der Waals surface area contributed by atoms with Crippen molar-refractivity contribution in [2.24, 2.45) is 0 Å². The first-order chi connectivity index (χ1) is 11.3. The van der Waals surface area contributed by atoms with Gasteiger partial charge in [-0.1, -0.05) is 54.6 Å². The molecule has 0 aromatic heterocycles. The van der Waals surface area contributed by atoms with Crippen LogP contribution >= 0.6 is 12.4 Å². The summed E-state index contributed by atoms with van der Waals surface area (Å²) in [4.78, 5) is 0. The first-order valence-corrected chi connectivity index (χ1v) is 7.92. The lowest BCUT2D eigenvalue weighted by molar-refractivity contribution is 0.170. The van der Waals surface area contributed by atoms with Crippen LogP contribution in [0, 0.1) is 0 Å². The maximum Gasteiger partial charge on any atom is 0.0607 e. The summed E-state index contributed by atoms with van der Waals surface area (Å²) in [6.45, 7) is 0.491. The van der Waals surface area contributed by atoms with E-state index in [0.717, 1.165) is 0 Å². The lowest BCUT2D eigenvalue weighted by atomic mass is 9.92. The molecule has 0 bridgehead atoms. The van der Waals surface area contributed by atoms with Crippen molar-refractivity contribution in [1.29, 1.82) is 0 Å². The van der Waals surface area contributed by atoms with Gasteiger partial charge in [0, 0.05) is 6.54 Å². The third-order valence-electron chi connectivity index (χ3n) is 4.64. The summed E-state index contributed by atoms with van der Waals surface area (Å²) in [7, 11) is 0. The van der Waals surface area contributed by atoms with Gasteiger partial charge in [0.2, 0.25) is 0 Å². The number of hydrogen-bond acceptors (Lipinski definition) is 3. The van der Waals surface area contributed by atoms with E-state index >= 15 is 0 Å². The van der Waals surface area contributed by atoms with Crippen molar-refractivity contribution >= 4 is 44.7 Å². The van der Waals surface area contributed by atoms with E-state index in [1.165, 1.54) is 37.9 Å². The normalized spacial score (nSPS) is 11.6. The highest BCUT2D eigenvalue weighted by Crippen LogP contribution is 2.35. The van der Waals surface area contributed by atoms with Crippen LogP contribution in [0.3, 0.4) is 0 Å². The van der Waals surface area contributed by atoms with Crippen LogP contribution in [0.2, 0.25) is 0 Å². The Morgan fingerprint density at radius 3 is 2.00 bits per heavy atom. The van der Waals surface area contributed by atoms with Crippen LogP contribution in [0.5, 0.6) is 0 Å². The Balaban J connectivity index is 0.00000169. The number of benzene rings is 4. The lowest BCUT2D eigenvalue weighted by Gasteiger charge is -2.17. The van der Waals surface area contributed by atoms with Gasteiger partial charge in [0.25, 0.3) is 0 Å². The molecule has 3 nitrogen and oxygen atoms in total. The quantitative estimate of drug-likeness (QED) is 0.487. The Labute approximate surface area is 146 Å². The van der Waals surface area contributed by atoms with E-state index in [1.54, 1.807) is 0 Å². The van der Waals surface area contributed by atoms with E-state index in [9.17, 15) is 10.2 Å². The molecule has 4 aromatic carbocycles. The van der Waals surface area contributed by atoms with Crippen molar-refractivity contribution < 1.29 is 10.2 Å². The van der Waals surface area contributed by atoms with Gasteiger partial charge in [-0.05, 0) is 37.9 Å². The summed E-state index contributed by atoms with van der Waals surface area (Å²) in [6, 6.07) is 19.1. The second kappa shape index (κ2) is 6.91. The Bertz CT molecular complexity index is 950. The van der Waals surface area contributed by atoms with Gasteiger partial charge >= 0.3 is 0 Å². The van der Waals surface area contributed by atoms with E-state index in [2.05, 4.69) is 59.9 Å². The Kier molecular flexibility index (Phi) is 4.88. The molecule has 0 aliphatic rings. The van der Waals surface area contributed by atoms with E-state index in [0.29, 0.717) is 6.54 Å². The molecule has 0 radical (unpaired) electrons. The summed E-state index contributed by atoms with van der Waals surface area (Å²) >= 11 is 0. The van der Waals surface area contributed by atoms with Gasteiger partial charge in [-0.15, -0.1) is 12.4 Å². The fourth-order valence-corrected chi connectivity index (χ4v) is 3.39. The van der Waals surface area contributed by atoms with E-state index in [1.807, 2.05) is 0 Å². The third kappa shape index (κ3) is 2.70. The van der Waals surface area contributed by atoms with Gasteiger partial charge in [0.15, 0.2) is 0 Å². The monoisotopic (exact) mass is 341 g/mol. The van der Waals surface area contributed by atoms with E-state index < -0.39 is 0 Å². The van der Waals surface area contributed by atoms with Crippen molar-refractivity contribution in [3.05, 3.63) is 60.2 Å². The molecule has 4 aromatic rings. The topological polar surface area (TPSA) is 52.5 Å². The standard InChI is InChI=1S/C20H19NO2.ClH/c22-11-17(12-23)21-10-16-7-6-15-5-4-13-2-1-3-14-8-9-18(16)20(15)19(13)14;/h1-9,17,21-23H,10-12H2;1H. The number of aliphatic hydroxyl groups is 2. The summed E-state index contributed by atoms with van der Waals surface area (Å²) in [5.41, 5.74) is 1.18. The molecule has 0 saturated carbocycles. The Hall–Kier alpha value is -1.91. The molecule has 0 aliphatic carbocycles. The number of nitrogens with one attached hydrogen (secondary N) is 1. The average Bonchev–Trinajstić information content (AvgIpc) is 2.61. The van der Waals surface area contributed by atoms with Crippen LogP contribution < -0.4 is 5.32 Å². The Morgan fingerprint density at radius 1 is 0.750 bits per heavy atom. The summed E-state index contributed by atoms with van der Waals surface area (Å²) in [6.07, 6.45) is 0. The highest BCUT2D eigenvalue weighted by molar-refractivity contribution is 6.23. The number of rotatable bonds is 5. The fourth-order valence-electron chi connectivity index (χ4n) is 3.39. The second-order valence-corrected chi connectivity index (χ2v) is 6.02. The maximum absolute atomic E-state index is 9.22.